The number of furan rings is 1. The first-order chi connectivity index (χ1) is 13.2. The third kappa shape index (κ3) is 3.80. The normalized spacial score (nSPS) is 16.6. The Labute approximate surface area is 156 Å². The molecule has 1 amide bonds. The molecule has 2 N–H and O–H groups in total. The van der Waals surface area contributed by atoms with Crippen LogP contribution in [0.2, 0.25) is 0 Å². The molecule has 0 aliphatic carbocycles. The molecular formula is C21H19NO5. The van der Waals surface area contributed by atoms with Gasteiger partial charge < -0.3 is 24.3 Å². The van der Waals surface area contributed by atoms with Crippen molar-refractivity contribution in [2.75, 3.05) is 13.2 Å². The van der Waals surface area contributed by atoms with E-state index in [1.54, 1.807) is 18.4 Å². The first-order valence-electron chi connectivity index (χ1n) is 8.69. The molecule has 0 fully saturated rings. The van der Waals surface area contributed by atoms with Crippen molar-refractivity contribution in [3.63, 3.8) is 0 Å². The fourth-order valence-corrected chi connectivity index (χ4v) is 2.89. The average molecular weight is 365 g/mol. The monoisotopic (exact) mass is 365 g/mol. The van der Waals surface area contributed by atoms with E-state index in [-0.39, 0.29) is 19.1 Å². The van der Waals surface area contributed by atoms with E-state index in [0.29, 0.717) is 17.1 Å². The van der Waals surface area contributed by atoms with E-state index < -0.39 is 12.2 Å². The Hall–Kier alpha value is -3.25. The molecule has 2 heterocycles. The van der Waals surface area contributed by atoms with Gasteiger partial charge in [-0.05, 0) is 29.8 Å². The molecule has 0 unspecified atom stereocenters. The molecule has 0 radical (unpaired) electrons. The zero-order chi connectivity index (χ0) is 18.6. The number of rotatable bonds is 5. The van der Waals surface area contributed by atoms with Gasteiger partial charge in [0, 0.05) is 12.1 Å². The number of amides is 1. The van der Waals surface area contributed by atoms with Crippen molar-refractivity contribution in [2.45, 2.75) is 12.2 Å². The van der Waals surface area contributed by atoms with Crippen molar-refractivity contribution in [1.29, 1.82) is 0 Å². The number of aliphatic hydroxyl groups is 1. The average Bonchev–Trinajstić information content (AvgIpc) is 3.26. The van der Waals surface area contributed by atoms with Gasteiger partial charge in [-0.1, -0.05) is 36.4 Å². The Morgan fingerprint density at radius 2 is 1.85 bits per heavy atom. The van der Waals surface area contributed by atoms with Gasteiger partial charge in [-0.3, -0.25) is 4.79 Å². The van der Waals surface area contributed by atoms with Crippen LogP contribution < -0.4 is 14.8 Å². The smallest absolute Gasteiger partial charge is 0.264 e. The minimum Gasteiger partial charge on any atom is -0.485 e. The number of nitrogens with one attached hydrogen (secondary N) is 1. The Balaban J connectivity index is 1.32. The highest BCUT2D eigenvalue weighted by Gasteiger charge is 2.27. The largest absolute Gasteiger partial charge is 0.485 e. The fraction of sp³-hybridized carbons (Fsp3) is 0.190. The maximum absolute atomic E-state index is 12.3. The highest BCUT2D eigenvalue weighted by molar-refractivity contribution is 5.81. The van der Waals surface area contributed by atoms with Crippen LogP contribution in [0.15, 0.2) is 71.3 Å². The summed E-state index contributed by atoms with van der Waals surface area (Å²) in [4.78, 5) is 12.3. The van der Waals surface area contributed by atoms with Gasteiger partial charge in [0.25, 0.3) is 5.91 Å². The lowest BCUT2D eigenvalue weighted by Gasteiger charge is -2.26. The minimum absolute atomic E-state index is 0.0838. The van der Waals surface area contributed by atoms with E-state index >= 15 is 0 Å². The number of carbonyl (C=O) groups is 1. The van der Waals surface area contributed by atoms with Crippen LogP contribution in [0.4, 0.5) is 0 Å². The van der Waals surface area contributed by atoms with E-state index in [1.807, 2.05) is 48.5 Å². The molecule has 2 aromatic carbocycles. The molecule has 0 spiro atoms. The number of carbonyl (C=O) groups excluding carboxylic acids is 1. The first-order valence-corrected chi connectivity index (χ1v) is 8.69. The van der Waals surface area contributed by atoms with Crippen LogP contribution in [0.3, 0.4) is 0 Å². The molecular weight excluding hydrogens is 346 g/mol. The fourth-order valence-electron chi connectivity index (χ4n) is 2.89. The van der Waals surface area contributed by atoms with Gasteiger partial charge in [-0.15, -0.1) is 0 Å². The third-order valence-corrected chi connectivity index (χ3v) is 4.37. The molecule has 0 saturated carbocycles. The molecule has 27 heavy (non-hydrogen) atoms. The molecule has 6 heteroatoms. The molecule has 4 rings (SSSR count). The second-order valence-corrected chi connectivity index (χ2v) is 6.22. The summed E-state index contributed by atoms with van der Waals surface area (Å²) in [5, 5.41) is 13.0. The zero-order valence-corrected chi connectivity index (χ0v) is 14.5. The molecule has 1 aliphatic rings. The summed E-state index contributed by atoms with van der Waals surface area (Å²) in [6.07, 6.45) is 0.0492. The first kappa shape index (κ1) is 17.2. The number of aliphatic hydroxyl groups excluding tert-OH is 1. The van der Waals surface area contributed by atoms with Crippen LogP contribution in [0.25, 0.3) is 11.3 Å². The van der Waals surface area contributed by atoms with Crippen LogP contribution in [-0.2, 0) is 4.79 Å². The summed E-state index contributed by atoms with van der Waals surface area (Å²) < 4.78 is 16.5. The summed E-state index contributed by atoms with van der Waals surface area (Å²) in [6, 6.07) is 18.3. The van der Waals surface area contributed by atoms with Gasteiger partial charge in [0.2, 0.25) is 6.10 Å². The maximum Gasteiger partial charge on any atom is 0.264 e. The molecule has 1 aromatic heterocycles. The molecule has 6 nitrogen and oxygen atoms in total. The molecule has 2 atom stereocenters. The molecule has 3 aromatic rings. The predicted octanol–water partition coefficient (Wildman–Crippen LogP) is 2.94. The Morgan fingerprint density at radius 3 is 2.59 bits per heavy atom. The van der Waals surface area contributed by atoms with Gasteiger partial charge in [0.15, 0.2) is 11.5 Å². The standard InChI is InChI=1S/C21H19NO5/c23-16(14-7-9-15(10-8-14)17-6-3-11-25-17)12-22-21(24)20-13-26-18-4-1-2-5-19(18)27-20/h1-11,16,20,23H,12-13H2,(H,22,24)/t16-,20+/m0/s1. The SMILES string of the molecule is O=C(NC[C@H](O)c1ccc(-c2ccco2)cc1)[C@H]1COc2ccccc2O1. The van der Waals surface area contributed by atoms with E-state index in [0.717, 1.165) is 11.3 Å². The van der Waals surface area contributed by atoms with Crippen molar-refractivity contribution < 1.29 is 23.8 Å². The van der Waals surface area contributed by atoms with Crippen LogP contribution in [-0.4, -0.2) is 30.3 Å². The number of hydrogen-bond donors (Lipinski definition) is 2. The van der Waals surface area contributed by atoms with Crippen molar-refractivity contribution in [3.8, 4) is 22.8 Å². The Morgan fingerprint density at radius 1 is 1.07 bits per heavy atom. The summed E-state index contributed by atoms with van der Waals surface area (Å²) in [5.41, 5.74) is 1.63. The maximum atomic E-state index is 12.3. The highest BCUT2D eigenvalue weighted by Crippen LogP contribution is 2.31. The van der Waals surface area contributed by atoms with Gasteiger partial charge in [0.1, 0.15) is 12.4 Å². The van der Waals surface area contributed by atoms with Crippen molar-refractivity contribution in [2.24, 2.45) is 0 Å². The van der Waals surface area contributed by atoms with Gasteiger partial charge >= 0.3 is 0 Å². The van der Waals surface area contributed by atoms with E-state index in [2.05, 4.69) is 5.32 Å². The van der Waals surface area contributed by atoms with Crippen LogP contribution >= 0.6 is 0 Å². The minimum atomic E-state index is -0.823. The van der Waals surface area contributed by atoms with Crippen LogP contribution in [0, 0.1) is 0 Å². The molecule has 1 aliphatic heterocycles. The van der Waals surface area contributed by atoms with E-state index in [1.165, 1.54) is 0 Å². The van der Waals surface area contributed by atoms with Gasteiger partial charge in [-0.2, -0.15) is 0 Å². The summed E-state index contributed by atoms with van der Waals surface area (Å²) in [7, 11) is 0. The molecule has 0 bridgehead atoms. The van der Waals surface area contributed by atoms with Crippen molar-refractivity contribution >= 4 is 5.91 Å². The number of fused-ring (bicyclic) bond motifs is 1. The Kier molecular flexibility index (Phi) is 4.80. The predicted molar refractivity (Wildman–Crippen MR) is 98.5 cm³/mol. The number of ether oxygens (including phenoxy) is 2. The highest BCUT2D eigenvalue weighted by atomic mass is 16.6. The quantitative estimate of drug-likeness (QED) is 0.727. The van der Waals surface area contributed by atoms with Crippen molar-refractivity contribution in [3.05, 3.63) is 72.5 Å². The summed E-state index contributed by atoms with van der Waals surface area (Å²) in [6.45, 7) is 0.219. The number of benzene rings is 2. The molecule has 138 valence electrons. The second-order valence-electron chi connectivity index (χ2n) is 6.22. The lowest BCUT2D eigenvalue weighted by Crippen LogP contribution is -2.45. The Bertz CT molecular complexity index is 905. The zero-order valence-electron chi connectivity index (χ0n) is 14.5. The lowest BCUT2D eigenvalue weighted by molar-refractivity contribution is -0.130. The van der Waals surface area contributed by atoms with Gasteiger partial charge in [-0.25, -0.2) is 0 Å². The molecule has 0 saturated heterocycles. The lowest BCUT2D eigenvalue weighted by atomic mass is 10.1. The third-order valence-electron chi connectivity index (χ3n) is 4.37. The van der Waals surface area contributed by atoms with E-state index in [9.17, 15) is 9.90 Å². The van der Waals surface area contributed by atoms with Gasteiger partial charge in [0.05, 0.1) is 12.4 Å². The summed E-state index contributed by atoms with van der Waals surface area (Å²) >= 11 is 0. The van der Waals surface area contributed by atoms with Crippen LogP contribution in [0.1, 0.15) is 11.7 Å². The number of para-hydroxylation sites is 2. The second kappa shape index (κ2) is 7.55. The van der Waals surface area contributed by atoms with Crippen molar-refractivity contribution in [1.82, 2.24) is 5.32 Å². The topological polar surface area (TPSA) is 80.9 Å². The van der Waals surface area contributed by atoms with E-state index in [4.69, 9.17) is 13.9 Å². The van der Waals surface area contributed by atoms with Crippen LogP contribution in [0.5, 0.6) is 11.5 Å². The summed E-state index contributed by atoms with van der Waals surface area (Å²) in [5.74, 6) is 1.60. The number of hydrogen-bond acceptors (Lipinski definition) is 5.